The normalized spacial score (nSPS) is 10.4. The van der Waals surface area contributed by atoms with Crippen molar-refractivity contribution in [3.63, 3.8) is 0 Å². The largest absolute Gasteiger partial charge is 0.478 e. The van der Waals surface area contributed by atoms with Crippen molar-refractivity contribution in [3.8, 4) is 0 Å². The molecule has 4 heteroatoms. The van der Waals surface area contributed by atoms with Gasteiger partial charge in [0.1, 0.15) is 0 Å². The van der Waals surface area contributed by atoms with E-state index in [1.807, 2.05) is 13.8 Å². The molecular weight excluding hydrogens is 170 g/mol. The van der Waals surface area contributed by atoms with Crippen LogP contribution >= 0.6 is 0 Å². The van der Waals surface area contributed by atoms with Crippen molar-refractivity contribution >= 4 is 5.97 Å². The summed E-state index contributed by atoms with van der Waals surface area (Å²) in [5.74, 6) is -0.961. The van der Waals surface area contributed by atoms with E-state index < -0.39 is 5.97 Å². The highest BCUT2D eigenvalue weighted by Gasteiger charge is 2.01. The van der Waals surface area contributed by atoms with Gasteiger partial charge in [0.05, 0.1) is 12.7 Å². The maximum absolute atomic E-state index is 10.3. The third kappa shape index (κ3) is 7.49. The first-order valence-corrected chi connectivity index (χ1v) is 4.27. The minimum absolute atomic E-state index is 0.171. The van der Waals surface area contributed by atoms with Gasteiger partial charge in [-0.3, -0.25) is 0 Å². The Labute approximate surface area is 78.6 Å². The summed E-state index contributed by atoms with van der Waals surface area (Å²) in [4.78, 5) is 10.3. The van der Waals surface area contributed by atoms with Crippen LogP contribution in [0.2, 0.25) is 0 Å². The fourth-order valence-electron chi connectivity index (χ4n) is 0.682. The molecular formula is C9H17NO3. The molecule has 0 aromatic heterocycles. The van der Waals surface area contributed by atoms with Gasteiger partial charge in [-0.15, -0.1) is 0 Å². The van der Waals surface area contributed by atoms with Gasteiger partial charge in [-0.05, 0) is 13.8 Å². The SMILES string of the molecule is C=C(CNCCOC(C)C)C(=O)O. The molecule has 0 spiro atoms. The molecule has 0 saturated carbocycles. The molecule has 13 heavy (non-hydrogen) atoms. The van der Waals surface area contributed by atoms with E-state index in [1.165, 1.54) is 0 Å². The molecule has 2 N–H and O–H groups in total. The summed E-state index contributed by atoms with van der Waals surface area (Å²) in [6.07, 6.45) is 0.212. The van der Waals surface area contributed by atoms with E-state index in [4.69, 9.17) is 9.84 Å². The molecule has 76 valence electrons. The van der Waals surface area contributed by atoms with Gasteiger partial charge >= 0.3 is 5.97 Å². The van der Waals surface area contributed by atoms with Gasteiger partial charge in [0.25, 0.3) is 0 Å². The zero-order valence-corrected chi connectivity index (χ0v) is 8.17. The van der Waals surface area contributed by atoms with E-state index in [1.54, 1.807) is 0 Å². The van der Waals surface area contributed by atoms with Gasteiger partial charge in [-0.25, -0.2) is 4.79 Å². The molecule has 4 nitrogen and oxygen atoms in total. The maximum Gasteiger partial charge on any atom is 0.332 e. The number of aliphatic carboxylic acids is 1. The molecule has 0 aliphatic carbocycles. The summed E-state index contributed by atoms with van der Waals surface area (Å²) in [7, 11) is 0. The Kier molecular flexibility index (Phi) is 6.18. The van der Waals surface area contributed by atoms with Crippen molar-refractivity contribution in [1.29, 1.82) is 0 Å². The van der Waals surface area contributed by atoms with E-state index in [2.05, 4.69) is 11.9 Å². The van der Waals surface area contributed by atoms with Gasteiger partial charge < -0.3 is 15.2 Å². The van der Waals surface area contributed by atoms with Gasteiger partial charge in [0.15, 0.2) is 0 Å². The lowest BCUT2D eigenvalue weighted by Gasteiger charge is -2.08. The van der Waals surface area contributed by atoms with E-state index in [0.717, 1.165) is 0 Å². The number of hydrogen-bond acceptors (Lipinski definition) is 3. The van der Waals surface area contributed by atoms with Crippen LogP contribution in [0.4, 0.5) is 0 Å². The fraction of sp³-hybridized carbons (Fsp3) is 0.667. The van der Waals surface area contributed by atoms with Crippen LogP contribution in [-0.4, -0.2) is 36.9 Å². The Morgan fingerprint density at radius 3 is 2.69 bits per heavy atom. The van der Waals surface area contributed by atoms with Gasteiger partial charge in [-0.2, -0.15) is 0 Å². The van der Waals surface area contributed by atoms with E-state index >= 15 is 0 Å². The van der Waals surface area contributed by atoms with Crippen molar-refractivity contribution in [2.24, 2.45) is 0 Å². The number of nitrogens with one attached hydrogen (secondary N) is 1. The number of carboxylic acids is 1. The lowest BCUT2D eigenvalue weighted by atomic mass is 10.3. The van der Waals surface area contributed by atoms with Crippen molar-refractivity contribution in [2.45, 2.75) is 20.0 Å². The van der Waals surface area contributed by atoms with Crippen molar-refractivity contribution in [1.82, 2.24) is 5.32 Å². The third-order valence-corrected chi connectivity index (χ3v) is 1.37. The molecule has 0 radical (unpaired) electrons. The van der Waals surface area contributed by atoms with Crippen LogP contribution in [0, 0.1) is 0 Å². The number of hydrogen-bond donors (Lipinski definition) is 2. The average molecular weight is 187 g/mol. The monoisotopic (exact) mass is 187 g/mol. The van der Waals surface area contributed by atoms with Crippen molar-refractivity contribution in [3.05, 3.63) is 12.2 Å². The van der Waals surface area contributed by atoms with Crippen LogP contribution in [-0.2, 0) is 9.53 Å². The van der Waals surface area contributed by atoms with E-state index in [9.17, 15) is 4.79 Å². The third-order valence-electron chi connectivity index (χ3n) is 1.37. The lowest BCUT2D eigenvalue weighted by molar-refractivity contribution is -0.132. The topological polar surface area (TPSA) is 58.6 Å². The van der Waals surface area contributed by atoms with E-state index in [0.29, 0.717) is 19.7 Å². The molecule has 0 aliphatic heterocycles. The van der Waals surface area contributed by atoms with E-state index in [-0.39, 0.29) is 11.7 Å². The minimum Gasteiger partial charge on any atom is -0.478 e. The average Bonchev–Trinajstić information content (AvgIpc) is 2.02. The quantitative estimate of drug-likeness (QED) is 0.453. The minimum atomic E-state index is -0.961. The van der Waals surface area contributed by atoms with Gasteiger partial charge in [-0.1, -0.05) is 6.58 Å². The molecule has 0 aromatic rings. The second-order valence-electron chi connectivity index (χ2n) is 3.01. The molecule has 0 atom stereocenters. The summed E-state index contributed by atoms with van der Waals surface area (Å²) in [6.45, 7) is 8.83. The summed E-state index contributed by atoms with van der Waals surface area (Å²) in [5.41, 5.74) is 0.171. The molecule has 0 bridgehead atoms. The van der Waals surface area contributed by atoms with Crippen LogP contribution in [0.1, 0.15) is 13.8 Å². The summed E-state index contributed by atoms with van der Waals surface area (Å²) < 4.78 is 5.24. The molecule has 0 fully saturated rings. The van der Waals surface area contributed by atoms with Crippen molar-refractivity contribution in [2.75, 3.05) is 19.7 Å². The van der Waals surface area contributed by atoms with Crippen LogP contribution in [0.5, 0.6) is 0 Å². The summed E-state index contributed by atoms with van der Waals surface area (Å²) in [5, 5.41) is 11.4. The Morgan fingerprint density at radius 1 is 1.62 bits per heavy atom. The predicted octanol–water partition coefficient (Wildman–Crippen LogP) is 0.642. The number of carbonyl (C=O) groups is 1. The fourth-order valence-corrected chi connectivity index (χ4v) is 0.682. The first kappa shape index (κ1) is 12.1. The van der Waals surface area contributed by atoms with Crippen LogP contribution in [0.3, 0.4) is 0 Å². The first-order valence-electron chi connectivity index (χ1n) is 4.27. The van der Waals surface area contributed by atoms with Crippen LogP contribution in [0.15, 0.2) is 12.2 Å². The summed E-state index contributed by atoms with van der Waals surface area (Å²) in [6, 6.07) is 0. The second kappa shape index (κ2) is 6.62. The molecule has 0 amide bonds. The highest BCUT2D eigenvalue weighted by atomic mass is 16.5. The number of rotatable bonds is 7. The molecule has 0 rings (SSSR count). The molecule has 0 saturated heterocycles. The maximum atomic E-state index is 10.3. The highest BCUT2D eigenvalue weighted by Crippen LogP contribution is 1.87. The van der Waals surface area contributed by atoms with Crippen molar-refractivity contribution < 1.29 is 14.6 Å². The lowest BCUT2D eigenvalue weighted by Crippen LogP contribution is -2.25. The van der Waals surface area contributed by atoms with Gasteiger partial charge in [0.2, 0.25) is 0 Å². The summed E-state index contributed by atoms with van der Waals surface area (Å²) >= 11 is 0. The zero-order valence-electron chi connectivity index (χ0n) is 8.17. The molecule has 0 aliphatic rings. The number of carboxylic acid groups (broad SMARTS) is 1. The Hall–Kier alpha value is -0.870. The molecule has 0 aromatic carbocycles. The zero-order chi connectivity index (χ0) is 10.3. The van der Waals surface area contributed by atoms with Crippen LogP contribution in [0.25, 0.3) is 0 Å². The standard InChI is InChI=1S/C9H17NO3/c1-7(2)13-5-4-10-6-8(3)9(11)12/h7,10H,3-6H2,1-2H3,(H,11,12). The van der Waals surface area contributed by atoms with Gasteiger partial charge in [0, 0.05) is 18.7 Å². The Morgan fingerprint density at radius 2 is 2.23 bits per heavy atom. The smallest absolute Gasteiger partial charge is 0.332 e. The Bertz CT molecular complexity index is 178. The Balaban J connectivity index is 3.26. The predicted molar refractivity (Wildman–Crippen MR) is 50.7 cm³/mol. The number of ether oxygens (including phenoxy) is 1. The van der Waals surface area contributed by atoms with Crippen LogP contribution < -0.4 is 5.32 Å². The highest BCUT2D eigenvalue weighted by molar-refractivity contribution is 5.86. The first-order chi connectivity index (χ1) is 6.04. The molecule has 0 heterocycles. The molecule has 0 unspecified atom stereocenters. The second-order valence-corrected chi connectivity index (χ2v) is 3.01.